The third kappa shape index (κ3) is 4.59. The first-order valence-corrected chi connectivity index (χ1v) is 11.6. The van der Waals surface area contributed by atoms with E-state index in [-0.39, 0.29) is 10.9 Å². The maximum absolute atomic E-state index is 12.9. The Labute approximate surface area is 200 Å². The summed E-state index contributed by atoms with van der Waals surface area (Å²) >= 11 is 1.24. The summed E-state index contributed by atoms with van der Waals surface area (Å²) in [4.78, 5) is 42.5. The molecule has 34 heavy (non-hydrogen) atoms. The Bertz CT molecular complexity index is 1380. The summed E-state index contributed by atoms with van der Waals surface area (Å²) < 4.78 is 0. The highest BCUT2D eigenvalue weighted by molar-refractivity contribution is 7.16. The normalized spacial score (nSPS) is 14.3. The molecule has 1 fully saturated rings. The predicted octanol–water partition coefficient (Wildman–Crippen LogP) is 2.86. The molecule has 0 saturated carbocycles. The molecule has 0 unspecified atom stereocenters. The van der Waals surface area contributed by atoms with E-state index in [4.69, 9.17) is 5.73 Å². The van der Waals surface area contributed by atoms with Crippen LogP contribution in [0.4, 0.5) is 11.6 Å². The Balaban J connectivity index is 1.35. The van der Waals surface area contributed by atoms with E-state index in [2.05, 4.69) is 37.1 Å². The van der Waals surface area contributed by atoms with Crippen LogP contribution in [0.1, 0.15) is 20.2 Å². The van der Waals surface area contributed by atoms with Gasteiger partial charge in [-0.05, 0) is 42.3 Å². The summed E-state index contributed by atoms with van der Waals surface area (Å²) in [6.45, 7) is 3.69. The third-order valence-corrected chi connectivity index (χ3v) is 6.86. The lowest BCUT2D eigenvalue weighted by Gasteiger charge is -2.33. The van der Waals surface area contributed by atoms with Gasteiger partial charge < -0.3 is 20.9 Å². The average molecular weight is 474 g/mol. The first kappa shape index (κ1) is 21.9. The molecule has 10 heteroatoms. The number of anilines is 2. The molecule has 172 valence electrons. The molecule has 0 aliphatic carbocycles. The maximum atomic E-state index is 12.9. The van der Waals surface area contributed by atoms with E-state index in [0.29, 0.717) is 11.4 Å². The predicted molar refractivity (Wildman–Crippen MR) is 133 cm³/mol. The first-order valence-electron chi connectivity index (χ1n) is 10.8. The van der Waals surface area contributed by atoms with Crippen molar-refractivity contribution in [3.8, 4) is 10.4 Å². The lowest BCUT2D eigenvalue weighted by molar-refractivity contribution is 0.0997. The van der Waals surface area contributed by atoms with E-state index in [1.807, 2.05) is 30.3 Å². The van der Waals surface area contributed by atoms with Crippen LogP contribution in [0.25, 0.3) is 21.2 Å². The van der Waals surface area contributed by atoms with Crippen LogP contribution >= 0.6 is 11.3 Å². The van der Waals surface area contributed by atoms with Gasteiger partial charge in [-0.1, -0.05) is 12.1 Å². The van der Waals surface area contributed by atoms with Gasteiger partial charge in [0, 0.05) is 55.7 Å². The lowest BCUT2D eigenvalue weighted by Crippen LogP contribution is -2.44. The van der Waals surface area contributed by atoms with Gasteiger partial charge in [0.25, 0.3) is 11.8 Å². The molecule has 0 bridgehead atoms. The van der Waals surface area contributed by atoms with Gasteiger partial charge in [-0.2, -0.15) is 0 Å². The third-order valence-electron chi connectivity index (χ3n) is 5.80. The second-order valence-corrected chi connectivity index (χ2v) is 9.20. The number of nitrogens with two attached hydrogens (primary N) is 1. The second kappa shape index (κ2) is 9.16. The number of fused-ring (bicyclic) bond motifs is 1. The Morgan fingerprint density at radius 1 is 0.971 bits per heavy atom. The first-order chi connectivity index (χ1) is 16.5. The number of carbonyl (C=O) groups is 2. The summed E-state index contributed by atoms with van der Waals surface area (Å²) in [5, 5.41) is 5.00. The molecule has 1 saturated heterocycles. The van der Waals surface area contributed by atoms with Crippen molar-refractivity contribution >= 4 is 45.6 Å². The monoisotopic (exact) mass is 473 g/mol. The minimum Gasteiger partial charge on any atom is -0.364 e. The van der Waals surface area contributed by atoms with Crippen LogP contribution in [0, 0.1) is 0 Å². The summed E-state index contributed by atoms with van der Waals surface area (Å²) in [5.74, 6) is 0.471. The van der Waals surface area contributed by atoms with Crippen molar-refractivity contribution in [3.63, 3.8) is 0 Å². The molecule has 1 aromatic carbocycles. The molecule has 4 heterocycles. The molecule has 5 rings (SSSR count). The van der Waals surface area contributed by atoms with Crippen molar-refractivity contribution in [1.82, 2.24) is 19.9 Å². The Kier molecular flexibility index (Phi) is 5.91. The average Bonchev–Trinajstić information content (AvgIpc) is 3.35. The lowest BCUT2D eigenvalue weighted by atomic mass is 10.1. The smallest absolute Gasteiger partial charge is 0.277 e. The van der Waals surface area contributed by atoms with E-state index in [0.717, 1.165) is 53.2 Å². The Morgan fingerprint density at radius 2 is 1.79 bits per heavy atom. The van der Waals surface area contributed by atoms with Gasteiger partial charge in [0.05, 0.1) is 4.88 Å². The van der Waals surface area contributed by atoms with Crippen molar-refractivity contribution < 1.29 is 9.59 Å². The number of hydrogen-bond acceptors (Lipinski definition) is 8. The maximum Gasteiger partial charge on any atom is 0.277 e. The van der Waals surface area contributed by atoms with Crippen molar-refractivity contribution in [3.05, 3.63) is 65.6 Å². The number of primary amides is 1. The number of piperazine rings is 1. The van der Waals surface area contributed by atoms with Crippen LogP contribution in [0.3, 0.4) is 0 Å². The van der Waals surface area contributed by atoms with Crippen molar-refractivity contribution in [2.45, 2.75) is 0 Å². The molecule has 1 aliphatic rings. The van der Waals surface area contributed by atoms with Crippen LogP contribution in [0.15, 0.2) is 55.0 Å². The molecule has 0 spiro atoms. The number of thiazole rings is 1. The van der Waals surface area contributed by atoms with Gasteiger partial charge in [0.2, 0.25) is 0 Å². The number of amides is 2. The Hall–Kier alpha value is -3.89. The molecule has 3 N–H and O–H groups in total. The number of nitrogens with zero attached hydrogens (tertiary/aromatic N) is 5. The van der Waals surface area contributed by atoms with Crippen molar-refractivity contribution in [1.29, 1.82) is 0 Å². The van der Waals surface area contributed by atoms with E-state index in [1.54, 1.807) is 24.7 Å². The van der Waals surface area contributed by atoms with Gasteiger partial charge in [-0.25, -0.2) is 15.0 Å². The van der Waals surface area contributed by atoms with Crippen LogP contribution in [-0.2, 0) is 0 Å². The van der Waals surface area contributed by atoms with Gasteiger partial charge in [0.1, 0.15) is 11.6 Å². The molecule has 9 nitrogen and oxygen atoms in total. The highest BCUT2D eigenvalue weighted by atomic mass is 32.1. The molecule has 2 amide bonds. The SMILES string of the molecule is CN1CCN(c2cc(C(=O)Nc3cc4cc(-c5cnc(C(N)=O)s5)ccc4cn3)ccn2)CC1. The number of pyridine rings is 2. The summed E-state index contributed by atoms with van der Waals surface area (Å²) in [7, 11) is 2.10. The fourth-order valence-corrected chi connectivity index (χ4v) is 4.61. The fraction of sp³-hybridized carbons (Fsp3) is 0.208. The minimum atomic E-state index is -0.543. The molecule has 0 radical (unpaired) electrons. The number of likely N-dealkylation sites (N-methyl/N-ethyl adjacent to an activating group) is 1. The van der Waals surface area contributed by atoms with E-state index in [9.17, 15) is 9.59 Å². The molecule has 3 aromatic heterocycles. The zero-order chi connectivity index (χ0) is 23.7. The van der Waals surface area contributed by atoms with E-state index in [1.165, 1.54) is 11.3 Å². The molecular weight excluding hydrogens is 450 g/mol. The van der Waals surface area contributed by atoms with Crippen LogP contribution in [0.2, 0.25) is 0 Å². The number of carbonyl (C=O) groups excluding carboxylic acids is 2. The van der Waals surface area contributed by atoms with Gasteiger partial charge in [-0.15, -0.1) is 11.3 Å². The summed E-state index contributed by atoms with van der Waals surface area (Å²) in [6.07, 6.45) is 5.02. The molecular formula is C24H23N7O2S. The van der Waals surface area contributed by atoms with Gasteiger partial charge >= 0.3 is 0 Å². The van der Waals surface area contributed by atoms with Crippen molar-refractivity contribution in [2.75, 3.05) is 43.4 Å². The molecule has 4 aromatic rings. The highest BCUT2D eigenvalue weighted by Crippen LogP contribution is 2.29. The number of rotatable bonds is 5. The topological polar surface area (TPSA) is 117 Å². The number of aromatic nitrogens is 3. The molecule has 0 atom stereocenters. The van der Waals surface area contributed by atoms with Crippen LogP contribution < -0.4 is 16.0 Å². The number of benzene rings is 1. The van der Waals surface area contributed by atoms with E-state index >= 15 is 0 Å². The fourth-order valence-electron chi connectivity index (χ4n) is 3.84. The quantitative estimate of drug-likeness (QED) is 0.458. The summed E-state index contributed by atoms with van der Waals surface area (Å²) in [5.41, 5.74) is 6.76. The molecule has 1 aliphatic heterocycles. The second-order valence-electron chi connectivity index (χ2n) is 8.17. The van der Waals surface area contributed by atoms with Crippen LogP contribution in [-0.4, -0.2) is 64.9 Å². The van der Waals surface area contributed by atoms with Crippen molar-refractivity contribution in [2.24, 2.45) is 5.73 Å². The standard InChI is InChI=1S/C24H23N7O2S/c1-30-6-8-31(9-7-30)21-12-16(4-5-26-21)23(33)29-20-11-18-10-15(2-3-17(18)13-27-20)19-14-28-24(34-19)22(25)32/h2-5,10-14H,6-9H2,1H3,(H2,25,32)(H,27,29,33). The number of nitrogens with one attached hydrogen (secondary N) is 1. The van der Waals surface area contributed by atoms with Gasteiger partial charge in [0.15, 0.2) is 5.01 Å². The number of hydrogen-bond donors (Lipinski definition) is 2. The zero-order valence-corrected chi connectivity index (χ0v) is 19.4. The highest BCUT2D eigenvalue weighted by Gasteiger charge is 2.17. The zero-order valence-electron chi connectivity index (χ0n) is 18.6. The largest absolute Gasteiger partial charge is 0.364 e. The van der Waals surface area contributed by atoms with Crippen LogP contribution in [0.5, 0.6) is 0 Å². The Morgan fingerprint density at radius 3 is 2.56 bits per heavy atom. The van der Waals surface area contributed by atoms with Gasteiger partial charge in [-0.3, -0.25) is 9.59 Å². The summed E-state index contributed by atoms with van der Waals surface area (Å²) in [6, 6.07) is 11.2. The minimum absolute atomic E-state index is 0.241. The van der Waals surface area contributed by atoms with E-state index < -0.39 is 5.91 Å².